The van der Waals surface area contributed by atoms with E-state index in [9.17, 15) is 0 Å². The standard InChI is InChI=1S/C15H17ClN2O3/c1-8-9(2)17-15(18-14(8)16)13-11(20-4)6-10(19-3)7-12(13)21-5/h6-7H,1-5H3. The summed E-state index contributed by atoms with van der Waals surface area (Å²) in [6, 6.07) is 3.51. The zero-order valence-corrected chi connectivity index (χ0v) is 13.4. The number of aryl methyl sites for hydroxylation is 1. The van der Waals surface area contributed by atoms with Gasteiger partial charge >= 0.3 is 0 Å². The molecule has 0 aliphatic heterocycles. The first kappa shape index (κ1) is 15.4. The van der Waals surface area contributed by atoms with E-state index in [1.54, 1.807) is 33.5 Å². The third-order valence-corrected chi connectivity index (χ3v) is 3.64. The van der Waals surface area contributed by atoms with Gasteiger partial charge in [-0.05, 0) is 13.8 Å². The maximum Gasteiger partial charge on any atom is 0.168 e. The van der Waals surface area contributed by atoms with Crippen molar-refractivity contribution < 1.29 is 14.2 Å². The largest absolute Gasteiger partial charge is 0.496 e. The van der Waals surface area contributed by atoms with E-state index in [0.29, 0.717) is 33.8 Å². The highest BCUT2D eigenvalue weighted by Crippen LogP contribution is 2.40. The van der Waals surface area contributed by atoms with Gasteiger partial charge in [-0.3, -0.25) is 0 Å². The van der Waals surface area contributed by atoms with Crippen molar-refractivity contribution in [2.24, 2.45) is 0 Å². The fourth-order valence-corrected chi connectivity index (χ4v) is 2.15. The van der Waals surface area contributed by atoms with Gasteiger partial charge < -0.3 is 14.2 Å². The van der Waals surface area contributed by atoms with Crippen molar-refractivity contribution in [2.75, 3.05) is 21.3 Å². The van der Waals surface area contributed by atoms with Crippen molar-refractivity contribution in [3.63, 3.8) is 0 Å². The molecule has 0 spiro atoms. The summed E-state index contributed by atoms with van der Waals surface area (Å²) in [4.78, 5) is 8.81. The quantitative estimate of drug-likeness (QED) is 0.810. The van der Waals surface area contributed by atoms with Crippen molar-refractivity contribution in [3.05, 3.63) is 28.5 Å². The maximum absolute atomic E-state index is 6.16. The molecule has 0 amide bonds. The second-order valence-electron chi connectivity index (χ2n) is 4.46. The number of hydrogen-bond acceptors (Lipinski definition) is 5. The molecule has 1 aromatic carbocycles. The second kappa shape index (κ2) is 6.18. The lowest BCUT2D eigenvalue weighted by Crippen LogP contribution is -2.01. The number of rotatable bonds is 4. The number of ether oxygens (including phenoxy) is 3. The number of methoxy groups -OCH3 is 3. The Morgan fingerprint density at radius 1 is 0.905 bits per heavy atom. The van der Waals surface area contributed by atoms with E-state index in [0.717, 1.165) is 11.3 Å². The highest BCUT2D eigenvalue weighted by Gasteiger charge is 2.19. The third kappa shape index (κ3) is 2.88. The molecular formula is C15H17ClN2O3. The highest BCUT2D eigenvalue weighted by molar-refractivity contribution is 6.30. The zero-order chi connectivity index (χ0) is 15.6. The van der Waals surface area contributed by atoms with E-state index in [2.05, 4.69) is 9.97 Å². The molecule has 0 bridgehead atoms. The van der Waals surface area contributed by atoms with Gasteiger partial charge in [-0.25, -0.2) is 9.97 Å². The lowest BCUT2D eigenvalue weighted by Gasteiger charge is -2.15. The molecule has 0 unspecified atom stereocenters. The van der Waals surface area contributed by atoms with Crippen LogP contribution in [0.5, 0.6) is 17.2 Å². The molecule has 6 heteroatoms. The fraction of sp³-hybridized carbons (Fsp3) is 0.333. The monoisotopic (exact) mass is 308 g/mol. The smallest absolute Gasteiger partial charge is 0.168 e. The molecule has 0 radical (unpaired) electrons. The maximum atomic E-state index is 6.16. The molecule has 112 valence electrons. The number of nitrogens with zero attached hydrogens (tertiary/aromatic N) is 2. The van der Waals surface area contributed by atoms with Gasteiger partial charge in [0.15, 0.2) is 5.82 Å². The summed E-state index contributed by atoms with van der Waals surface area (Å²) in [7, 11) is 4.72. The summed E-state index contributed by atoms with van der Waals surface area (Å²) in [5.74, 6) is 2.21. The van der Waals surface area contributed by atoms with Gasteiger partial charge in [-0.2, -0.15) is 0 Å². The van der Waals surface area contributed by atoms with Crippen molar-refractivity contribution in [1.82, 2.24) is 9.97 Å². The molecule has 0 aliphatic rings. The van der Waals surface area contributed by atoms with E-state index in [1.807, 2.05) is 13.8 Å². The average molecular weight is 309 g/mol. The molecule has 0 atom stereocenters. The van der Waals surface area contributed by atoms with Gasteiger partial charge in [0.25, 0.3) is 0 Å². The molecule has 0 fully saturated rings. The molecule has 5 nitrogen and oxygen atoms in total. The summed E-state index contributed by atoms with van der Waals surface area (Å²) in [6.07, 6.45) is 0. The summed E-state index contributed by atoms with van der Waals surface area (Å²) in [5.41, 5.74) is 2.31. The molecule has 2 aromatic rings. The first-order chi connectivity index (χ1) is 10.0. The van der Waals surface area contributed by atoms with Crippen LogP contribution in [0, 0.1) is 13.8 Å². The molecule has 2 rings (SSSR count). The first-order valence-corrected chi connectivity index (χ1v) is 6.70. The molecule has 1 heterocycles. The Bertz CT molecular complexity index is 626. The van der Waals surface area contributed by atoms with Crippen LogP contribution in [0.2, 0.25) is 5.15 Å². The topological polar surface area (TPSA) is 53.5 Å². The lowest BCUT2D eigenvalue weighted by molar-refractivity contribution is 0.377. The lowest BCUT2D eigenvalue weighted by atomic mass is 10.1. The minimum absolute atomic E-state index is 0.414. The number of hydrogen-bond donors (Lipinski definition) is 0. The molecule has 0 aliphatic carbocycles. The van der Waals surface area contributed by atoms with Crippen LogP contribution in [-0.2, 0) is 0 Å². The predicted octanol–water partition coefficient (Wildman–Crippen LogP) is 3.44. The summed E-state index contributed by atoms with van der Waals surface area (Å²) in [6.45, 7) is 3.76. The zero-order valence-electron chi connectivity index (χ0n) is 12.7. The average Bonchev–Trinajstić information content (AvgIpc) is 2.50. The van der Waals surface area contributed by atoms with Crippen LogP contribution in [0.15, 0.2) is 12.1 Å². The van der Waals surface area contributed by atoms with Crippen molar-refractivity contribution in [1.29, 1.82) is 0 Å². The SMILES string of the molecule is COc1cc(OC)c(-c2nc(C)c(C)c(Cl)n2)c(OC)c1. The van der Waals surface area contributed by atoms with Crippen LogP contribution in [-0.4, -0.2) is 31.3 Å². The molecule has 0 N–H and O–H groups in total. The molecule has 0 saturated heterocycles. The van der Waals surface area contributed by atoms with Gasteiger partial charge in [-0.15, -0.1) is 0 Å². The summed E-state index contributed by atoms with van der Waals surface area (Å²) >= 11 is 6.16. The first-order valence-electron chi connectivity index (χ1n) is 6.33. The van der Waals surface area contributed by atoms with Gasteiger partial charge in [0.05, 0.1) is 21.3 Å². The van der Waals surface area contributed by atoms with E-state index in [4.69, 9.17) is 25.8 Å². The van der Waals surface area contributed by atoms with Crippen LogP contribution >= 0.6 is 11.6 Å². The molecular weight excluding hydrogens is 292 g/mol. The molecule has 1 aromatic heterocycles. The Morgan fingerprint density at radius 3 is 1.90 bits per heavy atom. The summed E-state index contributed by atoms with van der Waals surface area (Å²) in [5, 5.41) is 0.414. The second-order valence-corrected chi connectivity index (χ2v) is 4.81. The van der Waals surface area contributed by atoms with Gasteiger partial charge in [0, 0.05) is 23.4 Å². The van der Waals surface area contributed by atoms with Crippen molar-refractivity contribution >= 4 is 11.6 Å². The minimum Gasteiger partial charge on any atom is -0.496 e. The summed E-state index contributed by atoms with van der Waals surface area (Å²) < 4.78 is 16.1. The Morgan fingerprint density at radius 2 is 1.48 bits per heavy atom. The Labute approximate surface area is 128 Å². The highest BCUT2D eigenvalue weighted by atomic mass is 35.5. The van der Waals surface area contributed by atoms with Crippen LogP contribution in [0.3, 0.4) is 0 Å². The van der Waals surface area contributed by atoms with Crippen molar-refractivity contribution in [2.45, 2.75) is 13.8 Å². The van der Waals surface area contributed by atoms with Gasteiger partial charge in [0.2, 0.25) is 0 Å². The van der Waals surface area contributed by atoms with Crippen LogP contribution in [0.25, 0.3) is 11.4 Å². The number of benzene rings is 1. The van der Waals surface area contributed by atoms with Gasteiger partial charge in [0.1, 0.15) is 28.0 Å². The Balaban J connectivity index is 2.73. The van der Waals surface area contributed by atoms with Crippen LogP contribution < -0.4 is 14.2 Å². The van der Waals surface area contributed by atoms with E-state index in [1.165, 1.54) is 0 Å². The van der Waals surface area contributed by atoms with Crippen LogP contribution in [0.1, 0.15) is 11.3 Å². The third-order valence-electron chi connectivity index (χ3n) is 3.27. The molecule has 0 saturated carbocycles. The Hall–Kier alpha value is -2.01. The number of aromatic nitrogens is 2. The minimum atomic E-state index is 0.414. The van der Waals surface area contributed by atoms with Gasteiger partial charge in [-0.1, -0.05) is 11.6 Å². The molecule has 21 heavy (non-hydrogen) atoms. The van der Waals surface area contributed by atoms with E-state index < -0.39 is 0 Å². The fourth-order valence-electron chi connectivity index (χ4n) is 1.93. The Kier molecular flexibility index (Phi) is 4.53. The normalized spacial score (nSPS) is 10.4. The van der Waals surface area contributed by atoms with E-state index >= 15 is 0 Å². The number of halogens is 1. The van der Waals surface area contributed by atoms with Crippen molar-refractivity contribution in [3.8, 4) is 28.6 Å². The predicted molar refractivity (Wildman–Crippen MR) is 81.6 cm³/mol. The van der Waals surface area contributed by atoms with Crippen LogP contribution in [0.4, 0.5) is 0 Å². The van der Waals surface area contributed by atoms with E-state index in [-0.39, 0.29) is 0 Å².